The summed E-state index contributed by atoms with van der Waals surface area (Å²) < 4.78 is 60.1. The molecule has 0 radical (unpaired) electrons. The molecule has 0 amide bonds. The average Bonchev–Trinajstić information content (AvgIpc) is 2.88. The second-order valence-electron chi connectivity index (χ2n) is 8.78. The quantitative estimate of drug-likeness (QED) is 0.239. The van der Waals surface area contributed by atoms with E-state index >= 15 is 0 Å². The first-order valence-corrected chi connectivity index (χ1v) is 12.3. The lowest BCUT2D eigenvalue weighted by Gasteiger charge is -2.28. The fourth-order valence-electron chi connectivity index (χ4n) is 4.66. The smallest absolute Gasteiger partial charge is 0.314 e. The summed E-state index contributed by atoms with van der Waals surface area (Å²) in [5.41, 5.74) is 1.14. The molecule has 0 N–H and O–H groups in total. The van der Waals surface area contributed by atoms with E-state index in [1.165, 1.54) is 18.2 Å². The van der Waals surface area contributed by atoms with Gasteiger partial charge in [0.1, 0.15) is 17.3 Å². The number of esters is 1. The van der Waals surface area contributed by atoms with Crippen LogP contribution in [0.5, 0.6) is 17.2 Å². The van der Waals surface area contributed by atoms with Crippen molar-refractivity contribution < 1.29 is 32.2 Å². The van der Waals surface area contributed by atoms with Gasteiger partial charge in [-0.1, -0.05) is 18.2 Å². The summed E-state index contributed by atoms with van der Waals surface area (Å²) in [6.45, 7) is 4.66. The van der Waals surface area contributed by atoms with E-state index in [1.807, 2.05) is 13.8 Å². The number of carbonyl (C=O) groups is 1. The number of ether oxygens (including phenoxy) is 3. The van der Waals surface area contributed by atoms with E-state index in [0.29, 0.717) is 61.5 Å². The van der Waals surface area contributed by atoms with E-state index in [0.717, 1.165) is 0 Å². The Morgan fingerprint density at radius 2 is 1.44 bits per heavy atom. The SMILES string of the molecule is CCOc1ccc(-c2ccc(OC(=O)C3CCC(c4ccc(OCC)cc4F)CC3)c(F)c2F)cc1. The fraction of sp³-hybridized carbons (Fsp3) is 0.345. The number of halogens is 3. The second kappa shape index (κ2) is 11.5. The molecule has 3 aromatic carbocycles. The van der Waals surface area contributed by atoms with E-state index in [2.05, 4.69) is 0 Å². The summed E-state index contributed by atoms with van der Waals surface area (Å²) in [6.07, 6.45) is 2.14. The first-order valence-electron chi connectivity index (χ1n) is 12.3. The third-order valence-corrected chi connectivity index (χ3v) is 6.52. The molecule has 0 aliphatic heterocycles. The van der Waals surface area contributed by atoms with Gasteiger partial charge in [-0.25, -0.2) is 8.78 Å². The molecule has 4 nitrogen and oxygen atoms in total. The molecule has 0 heterocycles. The van der Waals surface area contributed by atoms with Crippen LogP contribution in [-0.2, 0) is 4.79 Å². The molecule has 190 valence electrons. The minimum absolute atomic E-state index is 0.0210. The molecule has 1 saturated carbocycles. The van der Waals surface area contributed by atoms with E-state index in [1.54, 1.807) is 36.4 Å². The van der Waals surface area contributed by atoms with Gasteiger partial charge in [0.05, 0.1) is 19.1 Å². The first kappa shape index (κ1) is 25.6. The van der Waals surface area contributed by atoms with Crippen LogP contribution in [0.2, 0.25) is 0 Å². The van der Waals surface area contributed by atoms with Crippen molar-refractivity contribution in [2.75, 3.05) is 13.2 Å². The van der Waals surface area contributed by atoms with E-state index in [-0.39, 0.29) is 17.3 Å². The van der Waals surface area contributed by atoms with Crippen molar-refractivity contribution in [2.45, 2.75) is 45.4 Å². The molecule has 7 heteroatoms. The van der Waals surface area contributed by atoms with Gasteiger partial charge in [-0.2, -0.15) is 4.39 Å². The average molecular weight is 499 g/mol. The van der Waals surface area contributed by atoms with Crippen LogP contribution in [0.4, 0.5) is 13.2 Å². The molecule has 1 aliphatic rings. The zero-order chi connectivity index (χ0) is 25.7. The lowest BCUT2D eigenvalue weighted by Crippen LogP contribution is -2.25. The summed E-state index contributed by atoms with van der Waals surface area (Å²) in [5, 5.41) is 0. The lowest BCUT2D eigenvalue weighted by molar-refractivity contribution is -0.140. The minimum atomic E-state index is -1.21. The van der Waals surface area contributed by atoms with Gasteiger partial charge >= 0.3 is 5.97 Å². The van der Waals surface area contributed by atoms with Crippen molar-refractivity contribution in [2.24, 2.45) is 5.92 Å². The summed E-state index contributed by atoms with van der Waals surface area (Å²) in [5.74, 6) is -3.02. The monoisotopic (exact) mass is 498 g/mol. The van der Waals surface area contributed by atoms with Gasteiger partial charge in [0.2, 0.25) is 5.82 Å². The van der Waals surface area contributed by atoms with Gasteiger partial charge in [-0.15, -0.1) is 0 Å². The number of rotatable bonds is 8. The van der Waals surface area contributed by atoms with Crippen LogP contribution in [0, 0.1) is 23.4 Å². The van der Waals surface area contributed by atoms with Crippen LogP contribution < -0.4 is 14.2 Å². The number of hydrogen-bond acceptors (Lipinski definition) is 4. The molecule has 0 atom stereocenters. The largest absolute Gasteiger partial charge is 0.494 e. The highest BCUT2D eigenvalue weighted by Gasteiger charge is 2.30. The number of carbonyl (C=O) groups excluding carboxylic acids is 1. The van der Waals surface area contributed by atoms with Crippen molar-refractivity contribution in [3.05, 3.63) is 77.6 Å². The summed E-state index contributed by atoms with van der Waals surface area (Å²) in [4.78, 5) is 12.7. The highest BCUT2D eigenvalue weighted by Crippen LogP contribution is 2.39. The first-order chi connectivity index (χ1) is 17.4. The van der Waals surface area contributed by atoms with E-state index in [4.69, 9.17) is 14.2 Å². The molecule has 1 fully saturated rings. The third kappa shape index (κ3) is 5.66. The Kier molecular flexibility index (Phi) is 8.18. The highest BCUT2D eigenvalue weighted by molar-refractivity contribution is 5.76. The van der Waals surface area contributed by atoms with Crippen molar-refractivity contribution in [3.63, 3.8) is 0 Å². The zero-order valence-electron chi connectivity index (χ0n) is 20.4. The van der Waals surface area contributed by atoms with Crippen LogP contribution in [0.25, 0.3) is 11.1 Å². The van der Waals surface area contributed by atoms with Crippen LogP contribution in [0.15, 0.2) is 54.6 Å². The van der Waals surface area contributed by atoms with Crippen molar-refractivity contribution in [1.82, 2.24) is 0 Å². The summed E-state index contributed by atoms with van der Waals surface area (Å²) in [6, 6.07) is 14.2. The second-order valence-corrected chi connectivity index (χ2v) is 8.78. The minimum Gasteiger partial charge on any atom is -0.494 e. The Labute approximate surface area is 209 Å². The highest BCUT2D eigenvalue weighted by atomic mass is 19.2. The Balaban J connectivity index is 1.38. The summed E-state index contributed by atoms with van der Waals surface area (Å²) in [7, 11) is 0. The Bertz CT molecular complexity index is 1200. The predicted molar refractivity (Wildman–Crippen MR) is 131 cm³/mol. The molecule has 0 unspecified atom stereocenters. The number of benzene rings is 3. The molecular weight excluding hydrogens is 469 g/mol. The van der Waals surface area contributed by atoms with E-state index < -0.39 is 29.3 Å². The topological polar surface area (TPSA) is 44.8 Å². The molecule has 1 aliphatic carbocycles. The van der Waals surface area contributed by atoms with Gasteiger partial charge in [0, 0.05) is 11.6 Å². The molecular formula is C29H29F3O4. The van der Waals surface area contributed by atoms with Gasteiger partial charge in [-0.3, -0.25) is 4.79 Å². The van der Waals surface area contributed by atoms with Crippen LogP contribution >= 0.6 is 0 Å². The molecule has 0 spiro atoms. The normalized spacial score (nSPS) is 17.5. The maximum atomic E-state index is 14.8. The van der Waals surface area contributed by atoms with Gasteiger partial charge in [-0.05, 0) is 86.9 Å². The fourth-order valence-corrected chi connectivity index (χ4v) is 4.66. The Hall–Kier alpha value is -3.48. The van der Waals surface area contributed by atoms with Gasteiger partial charge in [0.15, 0.2) is 11.6 Å². The molecule has 3 aromatic rings. The standard InChI is InChI=1S/C29H29F3O4/c1-3-34-21-11-9-19(10-12-21)24-15-16-26(28(32)27(24)31)36-29(33)20-7-5-18(6-8-20)23-14-13-22(35-4-2)17-25(23)30/h9-18,20H,3-8H2,1-2H3. The maximum Gasteiger partial charge on any atom is 0.314 e. The van der Waals surface area contributed by atoms with Gasteiger partial charge in [0.25, 0.3) is 0 Å². The Morgan fingerprint density at radius 3 is 2.08 bits per heavy atom. The van der Waals surface area contributed by atoms with E-state index in [9.17, 15) is 18.0 Å². The lowest BCUT2D eigenvalue weighted by atomic mass is 9.78. The molecule has 0 bridgehead atoms. The summed E-state index contributed by atoms with van der Waals surface area (Å²) >= 11 is 0. The predicted octanol–water partition coefficient (Wildman–Crippen LogP) is 7.45. The maximum absolute atomic E-state index is 14.8. The van der Waals surface area contributed by atoms with Crippen LogP contribution in [0.3, 0.4) is 0 Å². The Morgan fingerprint density at radius 1 is 0.806 bits per heavy atom. The van der Waals surface area contributed by atoms with Crippen molar-refractivity contribution in [1.29, 1.82) is 0 Å². The van der Waals surface area contributed by atoms with Gasteiger partial charge < -0.3 is 14.2 Å². The molecule has 36 heavy (non-hydrogen) atoms. The van der Waals surface area contributed by atoms with Crippen molar-refractivity contribution in [3.8, 4) is 28.4 Å². The molecule has 4 rings (SSSR count). The molecule has 0 saturated heterocycles. The third-order valence-electron chi connectivity index (χ3n) is 6.52. The molecule has 0 aromatic heterocycles. The number of hydrogen-bond donors (Lipinski definition) is 0. The van der Waals surface area contributed by atoms with Crippen LogP contribution in [0.1, 0.15) is 51.0 Å². The van der Waals surface area contributed by atoms with Crippen LogP contribution in [-0.4, -0.2) is 19.2 Å². The van der Waals surface area contributed by atoms with Crippen molar-refractivity contribution >= 4 is 5.97 Å². The zero-order valence-corrected chi connectivity index (χ0v) is 20.4.